The summed E-state index contributed by atoms with van der Waals surface area (Å²) in [6.45, 7) is 1.81. The second-order valence-electron chi connectivity index (χ2n) is 4.68. The Kier molecular flexibility index (Phi) is 4.27. The fourth-order valence-corrected chi connectivity index (χ4v) is 2.11. The van der Waals surface area contributed by atoms with Crippen LogP contribution in [0.25, 0.3) is 0 Å². The summed E-state index contributed by atoms with van der Waals surface area (Å²) >= 11 is 0. The summed E-state index contributed by atoms with van der Waals surface area (Å²) in [6.07, 6.45) is 0. The van der Waals surface area contributed by atoms with Crippen LogP contribution in [-0.4, -0.2) is 11.2 Å². The molecular weight excluding hydrogens is 262 g/mol. The molecule has 0 atom stereocenters. The number of para-hydroxylation sites is 2. The third kappa shape index (κ3) is 3.10. The molecule has 0 aliphatic heterocycles. The predicted octanol–water partition coefficient (Wildman–Crippen LogP) is 3.86. The summed E-state index contributed by atoms with van der Waals surface area (Å²) in [5.74, 6) is 0.160. The summed E-state index contributed by atoms with van der Waals surface area (Å²) in [4.78, 5) is 0. The van der Waals surface area contributed by atoms with E-state index in [1.165, 1.54) is 6.07 Å². The van der Waals surface area contributed by atoms with Gasteiger partial charge in [-0.1, -0.05) is 12.1 Å². The third-order valence-electron chi connectivity index (χ3n) is 3.45. The van der Waals surface area contributed by atoms with Crippen molar-refractivity contribution < 1.29 is 13.5 Å². The van der Waals surface area contributed by atoms with E-state index >= 15 is 0 Å². The Morgan fingerprint density at radius 3 is 2.55 bits per heavy atom. The highest BCUT2D eigenvalue weighted by atomic mass is 19.3. The minimum absolute atomic E-state index is 0.160. The number of nitrogens with zero attached hydrogens (tertiary/aromatic N) is 1. The van der Waals surface area contributed by atoms with Crippen molar-refractivity contribution in [3.63, 3.8) is 0 Å². The molecular formula is C15H18F2N2O. The Labute approximate surface area is 117 Å². The number of rotatable bonds is 5. The summed E-state index contributed by atoms with van der Waals surface area (Å²) in [5, 5.41) is 3.14. The normalized spacial score (nSPS) is 10.9. The Balaban J connectivity index is 2.12. The van der Waals surface area contributed by atoms with Gasteiger partial charge in [-0.15, -0.1) is 0 Å². The number of nitrogens with one attached hydrogen (secondary N) is 1. The molecule has 2 rings (SSSR count). The first-order valence-corrected chi connectivity index (χ1v) is 6.38. The van der Waals surface area contributed by atoms with Crippen molar-refractivity contribution in [1.29, 1.82) is 0 Å². The molecule has 0 saturated heterocycles. The van der Waals surface area contributed by atoms with E-state index in [4.69, 9.17) is 0 Å². The minimum Gasteiger partial charge on any atom is -0.433 e. The molecule has 0 radical (unpaired) electrons. The van der Waals surface area contributed by atoms with Crippen molar-refractivity contribution in [2.45, 2.75) is 27.0 Å². The quantitative estimate of drug-likeness (QED) is 0.900. The average molecular weight is 280 g/mol. The van der Waals surface area contributed by atoms with Crippen molar-refractivity contribution >= 4 is 5.69 Å². The highest BCUT2D eigenvalue weighted by molar-refractivity contribution is 5.56. The number of benzene rings is 1. The van der Waals surface area contributed by atoms with Crippen molar-refractivity contribution in [3.8, 4) is 5.75 Å². The molecule has 2 aromatic rings. The first kappa shape index (κ1) is 14.4. The molecule has 1 aromatic carbocycles. The van der Waals surface area contributed by atoms with Gasteiger partial charge in [0.2, 0.25) is 0 Å². The molecule has 1 aromatic heterocycles. The van der Waals surface area contributed by atoms with E-state index in [0.29, 0.717) is 12.2 Å². The molecule has 0 unspecified atom stereocenters. The van der Waals surface area contributed by atoms with Crippen LogP contribution in [-0.2, 0) is 13.6 Å². The standard InChI is InChI=1S/C15H18F2N2O/c1-10-8-12(11(2)19(10)3)9-18-13-6-4-5-7-14(13)20-15(16)17/h4-8,15,18H,9H2,1-3H3. The zero-order valence-corrected chi connectivity index (χ0v) is 11.8. The van der Waals surface area contributed by atoms with E-state index in [1.54, 1.807) is 18.2 Å². The monoisotopic (exact) mass is 280 g/mol. The van der Waals surface area contributed by atoms with Crippen molar-refractivity contribution in [2.75, 3.05) is 5.32 Å². The summed E-state index contributed by atoms with van der Waals surface area (Å²) in [5.41, 5.74) is 4.02. The third-order valence-corrected chi connectivity index (χ3v) is 3.45. The van der Waals surface area contributed by atoms with Crippen LogP contribution in [0.4, 0.5) is 14.5 Å². The second-order valence-corrected chi connectivity index (χ2v) is 4.68. The Morgan fingerprint density at radius 2 is 1.95 bits per heavy atom. The topological polar surface area (TPSA) is 26.2 Å². The predicted molar refractivity (Wildman–Crippen MR) is 75.3 cm³/mol. The maximum Gasteiger partial charge on any atom is 0.387 e. The van der Waals surface area contributed by atoms with E-state index in [9.17, 15) is 8.78 Å². The Hall–Kier alpha value is -2.04. The number of aromatic nitrogens is 1. The first-order chi connectivity index (χ1) is 9.49. The zero-order chi connectivity index (χ0) is 14.7. The number of aryl methyl sites for hydroxylation is 1. The van der Waals surface area contributed by atoms with Crippen molar-refractivity contribution in [1.82, 2.24) is 4.57 Å². The van der Waals surface area contributed by atoms with Crippen molar-refractivity contribution in [3.05, 3.63) is 47.3 Å². The molecule has 1 N–H and O–H groups in total. The molecule has 0 aliphatic carbocycles. The molecule has 1 heterocycles. The molecule has 108 valence electrons. The lowest BCUT2D eigenvalue weighted by atomic mass is 10.2. The Morgan fingerprint density at radius 1 is 1.25 bits per heavy atom. The van der Waals surface area contributed by atoms with Gasteiger partial charge in [-0.05, 0) is 37.6 Å². The molecule has 0 aliphatic rings. The number of anilines is 1. The van der Waals surface area contributed by atoms with Crippen LogP contribution >= 0.6 is 0 Å². The van der Waals surface area contributed by atoms with Gasteiger partial charge in [-0.25, -0.2) is 0 Å². The van der Waals surface area contributed by atoms with E-state index < -0.39 is 6.61 Å². The van der Waals surface area contributed by atoms with Crippen LogP contribution in [0.3, 0.4) is 0 Å². The van der Waals surface area contributed by atoms with E-state index in [1.807, 2.05) is 20.9 Å². The smallest absolute Gasteiger partial charge is 0.387 e. The van der Waals surface area contributed by atoms with Crippen LogP contribution in [0.1, 0.15) is 17.0 Å². The number of alkyl halides is 2. The van der Waals surface area contributed by atoms with Gasteiger partial charge < -0.3 is 14.6 Å². The molecule has 0 bridgehead atoms. The van der Waals surface area contributed by atoms with E-state index in [2.05, 4.69) is 20.7 Å². The van der Waals surface area contributed by atoms with Gasteiger partial charge in [0, 0.05) is 25.0 Å². The minimum atomic E-state index is -2.82. The summed E-state index contributed by atoms with van der Waals surface area (Å²) in [7, 11) is 2.00. The van der Waals surface area contributed by atoms with Gasteiger partial charge in [0.15, 0.2) is 0 Å². The van der Waals surface area contributed by atoms with Gasteiger partial charge in [0.05, 0.1) is 5.69 Å². The Bertz CT molecular complexity index is 594. The van der Waals surface area contributed by atoms with Crippen LogP contribution in [0.2, 0.25) is 0 Å². The fourth-order valence-electron chi connectivity index (χ4n) is 2.11. The lowest BCUT2D eigenvalue weighted by molar-refractivity contribution is -0.0493. The lowest BCUT2D eigenvalue weighted by Gasteiger charge is -2.12. The van der Waals surface area contributed by atoms with Gasteiger partial charge in [-0.2, -0.15) is 8.78 Å². The molecule has 5 heteroatoms. The molecule has 0 spiro atoms. The number of hydrogen-bond acceptors (Lipinski definition) is 2. The second kappa shape index (κ2) is 5.94. The SMILES string of the molecule is Cc1cc(CNc2ccccc2OC(F)F)c(C)n1C. The zero-order valence-electron chi connectivity index (χ0n) is 11.8. The maximum absolute atomic E-state index is 12.3. The number of hydrogen-bond donors (Lipinski definition) is 1. The highest BCUT2D eigenvalue weighted by Gasteiger charge is 2.10. The number of halogens is 2. The number of ether oxygens (including phenoxy) is 1. The fraction of sp³-hybridized carbons (Fsp3) is 0.333. The maximum atomic E-state index is 12.3. The van der Waals surface area contributed by atoms with E-state index in [0.717, 1.165) is 17.0 Å². The van der Waals surface area contributed by atoms with E-state index in [-0.39, 0.29) is 5.75 Å². The van der Waals surface area contributed by atoms with Gasteiger partial charge >= 0.3 is 6.61 Å². The van der Waals surface area contributed by atoms with Gasteiger partial charge in [0.25, 0.3) is 0 Å². The molecule has 20 heavy (non-hydrogen) atoms. The molecule has 0 saturated carbocycles. The van der Waals surface area contributed by atoms with Crippen LogP contribution in [0.15, 0.2) is 30.3 Å². The van der Waals surface area contributed by atoms with Gasteiger partial charge in [0.1, 0.15) is 5.75 Å². The van der Waals surface area contributed by atoms with Gasteiger partial charge in [-0.3, -0.25) is 0 Å². The average Bonchev–Trinajstić information content (AvgIpc) is 2.65. The molecule has 0 fully saturated rings. The summed E-state index contributed by atoms with van der Waals surface area (Å²) < 4.78 is 31.2. The largest absolute Gasteiger partial charge is 0.433 e. The van der Waals surface area contributed by atoms with Crippen LogP contribution < -0.4 is 10.1 Å². The van der Waals surface area contributed by atoms with Crippen LogP contribution in [0.5, 0.6) is 5.75 Å². The van der Waals surface area contributed by atoms with Crippen LogP contribution in [0, 0.1) is 13.8 Å². The molecule has 0 amide bonds. The van der Waals surface area contributed by atoms with Crippen molar-refractivity contribution in [2.24, 2.45) is 7.05 Å². The molecule has 3 nitrogen and oxygen atoms in total. The highest BCUT2D eigenvalue weighted by Crippen LogP contribution is 2.26. The summed E-state index contributed by atoms with van der Waals surface area (Å²) in [6, 6.07) is 8.78. The lowest BCUT2D eigenvalue weighted by Crippen LogP contribution is -2.07. The first-order valence-electron chi connectivity index (χ1n) is 6.38.